The molecule has 16 heavy (non-hydrogen) atoms. The minimum atomic E-state index is -0.697. The molecule has 0 aromatic carbocycles. The van der Waals surface area contributed by atoms with Gasteiger partial charge in [-0.05, 0) is 6.07 Å². The number of halogens is 2. The maximum atomic E-state index is 13.9. The van der Waals surface area contributed by atoms with Crippen molar-refractivity contribution in [1.82, 2.24) is 20.0 Å². The van der Waals surface area contributed by atoms with E-state index in [-0.39, 0.29) is 22.5 Å². The van der Waals surface area contributed by atoms with Crippen LogP contribution in [-0.4, -0.2) is 31.1 Å². The van der Waals surface area contributed by atoms with Crippen molar-refractivity contribution in [2.24, 2.45) is 0 Å². The SMILES string of the molecule is O=C(CBr)c1ccnc(-n2ccnn2)c1F. The Bertz CT molecular complexity index is 514. The van der Waals surface area contributed by atoms with Crippen LogP contribution in [-0.2, 0) is 0 Å². The lowest BCUT2D eigenvalue weighted by molar-refractivity contribution is 0.101. The van der Waals surface area contributed by atoms with Gasteiger partial charge in [-0.3, -0.25) is 4.79 Å². The van der Waals surface area contributed by atoms with Crippen LogP contribution < -0.4 is 0 Å². The molecule has 7 heteroatoms. The molecule has 0 aliphatic heterocycles. The summed E-state index contributed by atoms with van der Waals surface area (Å²) in [5, 5.41) is 7.22. The highest BCUT2D eigenvalue weighted by molar-refractivity contribution is 9.09. The molecule has 0 spiro atoms. The summed E-state index contributed by atoms with van der Waals surface area (Å²) in [5.41, 5.74) is -0.0163. The van der Waals surface area contributed by atoms with E-state index in [4.69, 9.17) is 0 Å². The van der Waals surface area contributed by atoms with E-state index in [1.165, 1.54) is 29.3 Å². The minimum Gasteiger partial charge on any atom is -0.293 e. The van der Waals surface area contributed by atoms with Gasteiger partial charge in [-0.15, -0.1) is 5.10 Å². The lowest BCUT2D eigenvalue weighted by Crippen LogP contribution is -2.09. The van der Waals surface area contributed by atoms with Gasteiger partial charge in [0, 0.05) is 6.20 Å². The van der Waals surface area contributed by atoms with E-state index in [0.29, 0.717) is 0 Å². The molecule has 0 fully saturated rings. The normalized spacial score (nSPS) is 10.4. The fourth-order valence-corrected chi connectivity index (χ4v) is 1.50. The Morgan fingerprint density at radius 3 is 2.94 bits per heavy atom. The van der Waals surface area contributed by atoms with Gasteiger partial charge < -0.3 is 0 Å². The van der Waals surface area contributed by atoms with E-state index in [1.807, 2.05) is 0 Å². The van der Waals surface area contributed by atoms with Gasteiger partial charge >= 0.3 is 0 Å². The number of rotatable bonds is 3. The molecule has 0 bridgehead atoms. The Hall–Kier alpha value is -1.63. The molecule has 0 saturated heterocycles. The Kier molecular flexibility index (Phi) is 3.04. The van der Waals surface area contributed by atoms with E-state index < -0.39 is 5.82 Å². The highest BCUT2D eigenvalue weighted by Gasteiger charge is 2.16. The molecule has 0 amide bonds. The summed E-state index contributed by atoms with van der Waals surface area (Å²) < 4.78 is 15.0. The van der Waals surface area contributed by atoms with Gasteiger partial charge in [-0.1, -0.05) is 21.1 Å². The van der Waals surface area contributed by atoms with Crippen LogP contribution in [0.1, 0.15) is 10.4 Å². The second kappa shape index (κ2) is 4.48. The average Bonchev–Trinajstić information content (AvgIpc) is 2.82. The second-order valence-electron chi connectivity index (χ2n) is 2.90. The fraction of sp³-hybridized carbons (Fsp3) is 0.111. The first kappa shape index (κ1) is 10.9. The maximum Gasteiger partial charge on any atom is 0.191 e. The zero-order valence-electron chi connectivity index (χ0n) is 7.97. The zero-order chi connectivity index (χ0) is 11.5. The molecule has 0 aliphatic carbocycles. The quantitative estimate of drug-likeness (QED) is 0.631. The Labute approximate surface area is 98.4 Å². The first-order valence-electron chi connectivity index (χ1n) is 4.34. The summed E-state index contributed by atoms with van der Waals surface area (Å²) >= 11 is 2.99. The Balaban J connectivity index is 2.53. The third-order valence-electron chi connectivity index (χ3n) is 1.93. The van der Waals surface area contributed by atoms with Crippen LogP contribution in [0.2, 0.25) is 0 Å². The van der Waals surface area contributed by atoms with E-state index in [2.05, 4.69) is 31.2 Å². The second-order valence-corrected chi connectivity index (χ2v) is 3.46. The highest BCUT2D eigenvalue weighted by Crippen LogP contribution is 2.14. The van der Waals surface area contributed by atoms with Gasteiger partial charge in [0.05, 0.1) is 23.3 Å². The van der Waals surface area contributed by atoms with Gasteiger partial charge in [0.15, 0.2) is 17.4 Å². The third kappa shape index (κ3) is 1.85. The van der Waals surface area contributed by atoms with Crippen LogP contribution in [0.25, 0.3) is 5.82 Å². The predicted octanol–water partition coefficient (Wildman–Crippen LogP) is 1.38. The molecular weight excluding hydrogens is 279 g/mol. The molecule has 0 atom stereocenters. The third-order valence-corrected chi connectivity index (χ3v) is 2.44. The molecule has 0 saturated carbocycles. The summed E-state index contributed by atoms with van der Waals surface area (Å²) in [6.07, 6.45) is 4.21. The standard InChI is InChI=1S/C9H6BrFN4O/c10-5-7(16)6-1-2-12-9(8(6)11)15-4-3-13-14-15/h1-4H,5H2. The molecule has 5 nitrogen and oxygen atoms in total. The number of pyridine rings is 1. The molecule has 0 unspecified atom stereocenters. The lowest BCUT2D eigenvalue weighted by atomic mass is 10.2. The number of carbonyl (C=O) groups is 1. The average molecular weight is 285 g/mol. The molecule has 2 rings (SSSR count). The summed E-state index contributed by atoms with van der Waals surface area (Å²) in [4.78, 5) is 15.2. The van der Waals surface area contributed by atoms with Gasteiger partial charge in [0.25, 0.3) is 0 Å². The molecule has 82 valence electrons. The molecule has 2 aromatic heterocycles. The first-order valence-corrected chi connectivity index (χ1v) is 5.46. The highest BCUT2D eigenvalue weighted by atomic mass is 79.9. The smallest absolute Gasteiger partial charge is 0.191 e. The molecule has 2 heterocycles. The number of Topliss-reactive ketones (excluding diaryl/α,β-unsaturated/α-hetero) is 1. The summed E-state index contributed by atoms with van der Waals surface area (Å²) in [6.45, 7) is 0. The van der Waals surface area contributed by atoms with E-state index in [9.17, 15) is 9.18 Å². The number of hydrogen-bond donors (Lipinski definition) is 0. The van der Waals surface area contributed by atoms with Crippen LogP contribution in [0.3, 0.4) is 0 Å². The van der Waals surface area contributed by atoms with Crippen molar-refractivity contribution in [2.75, 3.05) is 5.33 Å². The number of hydrogen-bond acceptors (Lipinski definition) is 4. The van der Waals surface area contributed by atoms with Crippen molar-refractivity contribution >= 4 is 21.7 Å². The summed E-state index contributed by atoms with van der Waals surface area (Å²) in [7, 11) is 0. The van der Waals surface area contributed by atoms with Gasteiger partial charge in [-0.25, -0.2) is 9.37 Å². The fourth-order valence-electron chi connectivity index (χ4n) is 1.20. The van der Waals surface area contributed by atoms with E-state index >= 15 is 0 Å². The van der Waals surface area contributed by atoms with Gasteiger partial charge in [0.1, 0.15) is 0 Å². The predicted molar refractivity (Wildman–Crippen MR) is 57.2 cm³/mol. The van der Waals surface area contributed by atoms with Crippen molar-refractivity contribution in [2.45, 2.75) is 0 Å². The number of carbonyl (C=O) groups excluding carboxylic acids is 1. The molecular formula is C9H6BrFN4O. The van der Waals surface area contributed by atoms with Crippen LogP contribution in [0.4, 0.5) is 4.39 Å². The maximum absolute atomic E-state index is 13.9. The van der Waals surface area contributed by atoms with Crippen LogP contribution in [0.15, 0.2) is 24.7 Å². The number of aromatic nitrogens is 4. The van der Waals surface area contributed by atoms with Crippen molar-refractivity contribution in [3.8, 4) is 5.82 Å². The number of alkyl halides is 1. The van der Waals surface area contributed by atoms with Crippen molar-refractivity contribution in [1.29, 1.82) is 0 Å². The number of nitrogens with zero attached hydrogens (tertiary/aromatic N) is 4. The molecule has 2 aromatic rings. The van der Waals surface area contributed by atoms with Gasteiger partial charge in [-0.2, -0.15) is 4.68 Å². The lowest BCUT2D eigenvalue weighted by Gasteiger charge is -2.04. The van der Waals surface area contributed by atoms with E-state index in [1.54, 1.807) is 0 Å². The topological polar surface area (TPSA) is 60.7 Å². The molecule has 0 aliphatic rings. The Morgan fingerprint density at radius 2 is 2.31 bits per heavy atom. The van der Waals surface area contributed by atoms with Crippen molar-refractivity contribution < 1.29 is 9.18 Å². The summed E-state index contributed by atoms with van der Waals surface area (Å²) in [6, 6.07) is 1.33. The summed E-state index contributed by atoms with van der Waals surface area (Å²) in [5.74, 6) is -1.08. The largest absolute Gasteiger partial charge is 0.293 e. The zero-order valence-corrected chi connectivity index (χ0v) is 9.56. The molecule has 0 N–H and O–H groups in total. The first-order chi connectivity index (χ1) is 7.74. The van der Waals surface area contributed by atoms with Crippen LogP contribution in [0.5, 0.6) is 0 Å². The molecule has 0 radical (unpaired) electrons. The van der Waals surface area contributed by atoms with Crippen LogP contribution >= 0.6 is 15.9 Å². The Morgan fingerprint density at radius 1 is 1.50 bits per heavy atom. The van der Waals surface area contributed by atoms with Crippen LogP contribution in [0, 0.1) is 5.82 Å². The van der Waals surface area contributed by atoms with Crippen molar-refractivity contribution in [3.05, 3.63) is 36.0 Å². The van der Waals surface area contributed by atoms with Crippen molar-refractivity contribution in [3.63, 3.8) is 0 Å². The minimum absolute atomic E-state index is 0.0163. The van der Waals surface area contributed by atoms with E-state index in [0.717, 1.165) is 0 Å². The monoisotopic (exact) mass is 284 g/mol. The number of ketones is 1. The van der Waals surface area contributed by atoms with Gasteiger partial charge in [0.2, 0.25) is 0 Å².